The first-order chi connectivity index (χ1) is 12.3. The molecule has 0 saturated heterocycles. The van der Waals surface area contributed by atoms with Crippen molar-refractivity contribution in [3.63, 3.8) is 0 Å². The van der Waals surface area contributed by atoms with Gasteiger partial charge in [-0.2, -0.15) is 13.2 Å². The van der Waals surface area contributed by atoms with Gasteiger partial charge >= 0.3 is 6.18 Å². The normalized spacial score (nSPS) is 11.4. The average molecular weight is 364 g/mol. The van der Waals surface area contributed by atoms with Crippen molar-refractivity contribution in [2.75, 3.05) is 0 Å². The van der Waals surface area contributed by atoms with Crippen LogP contribution in [0.5, 0.6) is 0 Å². The van der Waals surface area contributed by atoms with Gasteiger partial charge in [-0.05, 0) is 30.3 Å². The SMILES string of the molecule is O=C(NCc1cc(-c2ccccc2F)on1)c1cccc(C(F)(F)F)c1. The summed E-state index contributed by atoms with van der Waals surface area (Å²) in [6.07, 6.45) is -4.53. The van der Waals surface area contributed by atoms with Crippen LogP contribution in [0.15, 0.2) is 59.1 Å². The first kappa shape index (κ1) is 17.7. The molecule has 0 aliphatic carbocycles. The van der Waals surface area contributed by atoms with E-state index in [9.17, 15) is 22.4 Å². The van der Waals surface area contributed by atoms with E-state index in [1.807, 2.05) is 0 Å². The number of hydrogen-bond acceptors (Lipinski definition) is 3. The first-order valence-corrected chi connectivity index (χ1v) is 7.50. The van der Waals surface area contributed by atoms with Crippen LogP contribution in [-0.2, 0) is 12.7 Å². The molecule has 8 heteroatoms. The summed E-state index contributed by atoms with van der Waals surface area (Å²) >= 11 is 0. The molecule has 1 heterocycles. The summed E-state index contributed by atoms with van der Waals surface area (Å²) < 4.78 is 56.8. The lowest BCUT2D eigenvalue weighted by atomic mass is 10.1. The molecule has 134 valence electrons. The van der Waals surface area contributed by atoms with Crippen LogP contribution in [0.4, 0.5) is 17.6 Å². The Morgan fingerprint density at radius 1 is 1.08 bits per heavy atom. The van der Waals surface area contributed by atoms with Gasteiger partial charge in [-0.1, -0.05) is 23.4 Å². The molecule has 1 amide bonds. The highest BCUT2D eigenvalue weighted by Crippen LogP contribution is 2.29. The zero-order chi connectivity index (χ0) is 18.7. The molecule has 0 atom stereocenters. The fraction of sp³-hybridized carbons (Fsp3) is 0.111. The molecule has 1 aromatic heterocycles. The molecule has 0 saturated carbocycles. The number of hydrogen-bond donors (Lipinski definition) is 1. The molecule has 0 bridgehead atoms. The lowest BCUT2D eigenvalue weighted by molar-refractivity contribution is -0.137. The maximum absolute atomic E-state index is 13.7. The summed E-state index contributed by atoms with van der Waals surface area (Å²) in [7, 11) is 0. The van der Waals surface area contributed by atoms with Crippen molar-refractivity contribution >= 4 is 5.91 Å². The van der Waals surface area contributed by atoms with Gasteiger partial charge in [0.15, 0.2) is 5.76 Å². The summed E-state index contributed by atoms with van der Waals surface area (Å²) in [6.45, 7) is -0.0764. The van der Waals surface area contributed by atoms with Crippen LogP contribution in [0.2, 0.25) is 0 Å². The van der Waals surface area contributed by atoms with Gasteiger partial charge < -0.3 is 9.84 Å². The minimum atomic E-state index is -4.53. The number of aromatic nitrogens is 1. The maximum Gasteiger partial charge on any atom is 0.416 e. The number of nitrogens with zero attached hydrogens (tertiary/aromatic N) is 1. The van der Waals surface area contributed by atoms with E-state index in [-0.39, 0.29) is 23.4 Å². The summed E-state index contributed by atoms with van der Waals surface area (Å²) in [5.41, 5.74) is -0.509. The van der Waals surface area contributed by atoms with E-state index in [4.69, 9.17) is 4.52 Å². The third-order valence-corrected chi connectivity index (χ3v) is 3.58. The smallest absolute Gasteiger partial charge is 0.356 e. The predicted octanol–water partition coefficient (Wildman–Crippen LogP) is 4.43. The van der Waals surface area contributed by atoms with Crippen LogP contribution >= 0.6 is 0 Å². The van der Waals surface area contributed by atoms with Crippen LogP contribution in [0.1, 0.15) is 21.6 Å². The molecule has 26 heavy (non-hydrogen) atoms. The van der Waals surface area contributed by atoms with Gasteiger partial charge in [0.25, 0.3) is 5.91 Å². The van der Waals surface area contributed by atoms with Crippen molar-refractivity contribution in [2.24, 2.45) is 0 Å². The zero-order valence-electron chi connectivity index (χ0n) is 13.2. The number of amides is 1. The number of nitrogens with one attached hydrogen (secondary N) is 1. The molecular formula is C18H12F4N2O2. The second kappa shape index (κ2) is 6.99. The molecule has 1 N–H and O–H groups in total. The van der Waals surface area contributed by atoms with Crippen LogP contribution in [0.25, 0.3) is 11.3 Å². The predicted molar refractivity (Wildman–Crippen MR) is 84.5 cm³/mol. The van der Waals surface area contributed by atoms with Gasteiger partial charge in [-0.25, -0.2) is 4.39 Å². The lowest BCUT2D eigenvalue weighted by Crippen LogP contribution is -2.23. The summed E-state index contributed by atoms with van der Waals surface area (Å²) in [6, 6.07) is 11.5. The van der Waals surface area contributed by atoms with Crippen molar-refractivity contribution in [1.82, 2.24) is 10.5 Å². The maximum atomic E-state index is 13.7. The Hall–Kier alpha value is -3.16. The van der Waals surface area contributed by atoms with Crippen molar-refractivity contribution < 1.29 is 26.9 Å². The number of carbonyl (C=O) groups is 1. The average Bonchev–Trinajstić information content (AvgIpc) is 3.08. The third kappa shape index (κ3) is 3.90. The van der Waals surface area contributed by atoms with Crippen LogP contribution in [-0.4, -0.2) is 11.1 Å². The second-order valence-corrected chi connectivity index (χ2v) is 5.42. The number of alkyl halides is 3. The fourth-order valence-corrected chi connectivity index (χ4v) is 2.29. The molecule has 0 fully saturated rings. The Kier molecular flexibility index (Phi) is 4.75. The number of benzene rings is 2. The van der Waals surface area contributed by atoms with Gasteiger partial charge in [-0.15, -0.1) is 0 Å². The van der Waals surface area contributed by atoms with Crippen molar-refractivity contribution in [1.29, 1.82) is 0 Å². The highest BCUT2D eigenvalue weighted by atomic mass is 19.4. The number of carbonyl (C=O) groups excluding carboxylic acids is 1. The Bertz CT molecular complexity index is 935. The first-order valence-electron chi connectivity index (χ1n) is 7.50. The zero-order valence-corrected chi connectivity index (χ0v) is 13.2. The highest BCUT2D eigenvalue weighted by Gasteiger charge is 2.30. The molecule has 0 spiro atoms. The van der Waals surface area contributed by atoms with Crippen molar-refractivity contribution in [3.05, 3.63) is 77.2 Å². The van der Waals surface area contributed by atoms with Crippen LogP contribution in [0, 0.1) is 5.82 Å². The Morgan fingerprint density at radius 2 is 1.85 bits per heavy atom. The lowest BCUT2D eigenvalue weighted by Gasteiger charge is -2.08. The molecule has 0 aliphatic heterocycles. The molecule has 2 aromatic carbocycles. The van der Waals surface area contributed by atoms with E-state index in [2.05, 4.69) is 10.5 Å². The van der Waals surface area contributed by atoms with E-state index in [0.29, 0.717) is 5.69 Å². The largest absolute Gasteiger partial charge is 0.416 e. The van der Waals surface area contributed by atoms with Gasteiger partial charge in [0, 0.05) is 11.6 Å². The highest BCUT2D eigenvalue weighted by molar-refractivity contribution is 5.94. The van der Waals surface area contributed by atoms with Crippen molar-refractivity contribution in [2.45, 2.75) is 12.7 Å². The van der Waals surface area contributed by atoms with Crippen molar-refractivity contribution in [3.8, 4) is 11.3 Å². The van der Waals surface area contributed by atoms with Gasteiger partial charge in [-0.3, -0.25) is 4.79 Å². The third-order valence-electron chi connectivity index (χ3n) is 3.58. The van der Waals surface area contributed by atoms with Gasteiger partial charge in [0.05, 0.1) is 17.7 Å². The van der Waals surface area contributed by atoms with Gasteiger partial charge in [0.2, 0.25) is 0 Å². The molecule has 4 nitrogen and oxygen atoms in total. The summed E-state index contributed by atoms with van der Waals surface area (Å²) in [5, 5.41) is 6.17. The minimum Gasteiger partial charge on any atom is -0.356 e. The minimum absolute atomic E-state index is 0.0764. The molecule has 0 radical (unpaired) electrons. The monoisotopic (exact) mass is 364 g/mol. The Labute approximate surface area is 145 Å². The van der Waals surface area contributed by atoms with E-state index in [1.54, 1.807) is 6.07 Å². The quantitative estimate of drug-likeness (QED) is 0.697. The van der Waals surface area contributed by atoms with E-state index in [1.165, 1.54) is 30.3 Å². The standard InChI is InChI=1S/C18H12F4N2O2/c19-15-7-2-1-6-14(15)16-9-13(24-26-16)10-23-17(25)11-4-3-5-12(8-11)18(20,21)22/h1-9H,10H2,(H,23,25). The van der Waals surface area contributed by atoms with E-state index >= 15 is 0 Å². The molecule has 0 unspecified atom stereocenters. The number of rotatable bonds is 4. The molecule has 3 aromatic rings. The molecule has 3 rings (SSSR count). The summed E-state index contributed by atoms with van der Waals surface area (Å²) in [4.78, 5) is 12.0. The topological polar surface area (TPSA) is 55.1 Å². The Balaban J connectivity index is 1.68. The second-order valence-electron chi connectivity index (χ2n) is 5.42. The molecule has 0 aliphatic rings. The molecular weight excluding hydrogens is 352 g/mol. The number of halogens is 4. The fourth-order valence-electron chi connectivity index (χ4n) is 2.29. The van der Waals surface area contributed by atoms with Crippen LogP contribution < -0.4 is 5.32 Å². The van der Waals surface area contributed by atoms with E-state index < -0.39 is 23.5 Å². The summed E-state index contributed by atoms with van der Waals surface area (Å²) in [5.74, 6) is -0.985. The van der Waals surface area contributed by atoms with E-state index in [0.717, 1.165) is 18.2 Å². The van der Waals surface area contributed by atoms with Gasteiger partial charge in [0.1, 0.15) is 11.5 Å². The van der Waals surface area contributed by atoms with Crippen LogP contribution in [0.3, 0.4) is 0 Å². The Morgan fingerprint density at radius 3 is 2.58 bits per heavy atom.